The van der Waals surface area contributed by atoms with Crippen molar-refractivity contribution < 1.29 is 0 Å². The second kappa shape index (κ2) is 7.55. The van der Waals surface area contributed by atoms with Crippen LogP contribution in [0.3, 0.4) is 0 Å². The summed E-state index contributed by atoms with van der Waals surface area (Å²) < 4.78 is 0. The normalized spacial score (nSPS) is 15.1. The third kappa shape index (κ3) is 4.11. The molecule has 0 heterocycles. The second-order valence-corrected chi connectivity index (χ2v) is 5.39. The van der Waals surface area contributed by atoms with Crippen LogP contribution in [-0.4, -0.2) is 24.0 Å². The molecule has 2 unspecified atom stereocenters. The molecular formula is C16H28N2. The molecule has 0 aliphatic rings. The van der Waals surface area contributed by atoms with E-state index < -0.39 is 0 Å². The summed E-state index contributed by atoms with van der Waals surface area (Å²) in [5.74, 6) is 0.682. The van der Waals surface area contributed by atoms with Gasteiger partial charge < -0.3 is 5.73 Å². The highest BCUT2D eigenvalue weighted by molar-refractivity contribution is 5.20. The van der Waals surface area contributed by atoms with Gasteiger partial charge in [-0.05, 0) is 24.4 Å². The van der Waals surface area contributed by atoms with E-state index in [4.69, 9.17) is 5.73 Å². The first kappa shape index (κ1) is 15.2. The van der Waals surface area contributed by atoms with Crippen LogP contribution in [-0.2, 0) is 0 Å². The van der Waals surface area contributed by atoms with Crippen LogP contribution in [0.5, 0.6) is 0 Å². The Bertz CT molecular complexity index is 321. The van der Waals surface area contributed by atoms with E-state index in [1.807, 2.05) is 6.07 Å². The predicted molar refractivity (Wildman–Crippen MR) is 79.5 cm³/mol. The summed E-state index contributed by atoms with van der Waals surface area (Å²) in [5.41, 5.74) is 7.70. The summed E-state index contributed by atoms with van der Waals surface area (Å²) in [6.07, 6.45) is 1.09. The van der Waals surface area contributed by atoms with Crippen LogP contribution < -0.4 is 5.73 Å². The van der Waals surface area contributed by atoms with Gasteiger partial charge in [0.2, 0.25) is 0 Å². The summed E-state index contributed by atoms with van der Waals surface area (Å²) in [6.45, 7) is 11.2. The smallest absolute Gasteiger partial charge is 0.0453 e. The van der Waals surface area contributed by atoms with Gasteiger partial charge in [0.1, 0.15) is 0 Å². The number of nitrogens with zero attached hydrogens (tertiary/aromatic N) is 1. The monoisotopic (exact) mass is 248 g/mol. The van der Waals surface area contributed by atoms with Gasteiger partial charge in [0.25, 0.3) is 0 Å². The van der Waals surface area contributed by atoms with Gasteiger partial charge in [0.05, 0.1) is 0 Å². The fourth-order valence-corrected chi connectivity index (χ4v) is 2.60. The Kier molecular flexibility index (Phi) is 6.37. The SMILES string of the molecule is CCC(C(N)c1ccccc1)N(CC)CC(C)C. The Morgan fingerprint density at radius 1 is 1.11 bits per heavy atom. The molecular weight excluding hydrogens is 220 g/mol. The minimum absolute atomic E-state index is 0.106. The molecule has 1 aromatic rings. The maximum atomic E-state index is 6.46. The van der Waals surface area contributed by atoms with E-state index >= 15 is 0 Å². The van der Waals surface area contributed by atoms with Gasteiger partial charge in [-0.3, -0.25) is 4.90 Å². The fourth-order valence-electron chi connectivity index (χ4n) is 2.60. The van der Waals surface area contributed by atoms with Crippen LogP contribution in [0.2, 0.25) is 0 Å². The van der Waals surface area contributed by atoms with Crippen molar-refractivity contribution in [2.45, 2.75) is 46.2 Å². The largest absolute Gasteiger partial charge is 0.323 e. The van der Waals surface area contributed by atoms with Crippen molar-refractivity contribution in [1.82, 2.24) is 4.90 Å². The van der Waals surface area contributed by atoms with Crippen LogP contribution in [0.4, 0.5) is 0 Å². The average molecular weight is 248 g/mol. The van der Waals surface area contributed by atoms with Crippen molar-refractivity contribution in [3.63, 3.8) is 0 Å². The van der Waals surface area contributed by atoms with Crippen molar-refractivity contribution in [3.05, 3.63) is 35.9 Å². The number of nitrogens with two attached hydrogens (primary N) is 1. The highest BCUT2D eigenvalue weighted by atomic mass is 15.2. The molecule has 2 atom stereocenters. The van der Waals surface area contributed by atoms with E-state index in [0.717, 1.165) is 19.5 Å². The van der Waals surface area contributed by atoms with Crippen LogP contribution in [0, 0.1) is 5.92 Å². The molecule has 18 heavy (non-hydrogen) atoms. The number of hydrogen-bond donors (Lipinski definition) is 1. The van der Waals surface area contributed by atoms with E-state index in [9.17, 15) is 0 Å². The lowest BCUT2D eigenvalue weighted by Crippen LogP contribution is -2.44. The van der Waals surface area contributed by atoms with Crippen LogP contribution >= 0.6 is 0 Å². The zero-order chi connectivity index (χ0) is 13.5. The Labute approximate surface area is 112 Å². The van der Waals surface area contributed by atoms with Crippen LogP contribution in [0.15, 0.2) is 30.3 Å². The number of benzene rings is 1. The molecule has 102 valence electrons. The van der Waals surface area contributed by atoms with E-state index in [2.05, 4.69) is 56.9 Å². The van der Waals surface area contributed by atoms with Gasteiger partial charge >= 0.3 is 0 Å². The summed E-state index contributed by atoms with van der Waals surface area (Å²) in [7, 11) is 0. The van der Waals surface area contributed by atoms with Crippen molar-refractivity contribution in [3.8, 4) is 0 Å². The topological polar surface area (TPSA) is 29.3 Å². The molecule has 0 saturated carbocycles. The second-order valence-electron chi connectivity index (χ2n) is 5.39. The molecule has 0 radical (unpaired) electrons. The van der Waals surface area contributed by atoms with Crippen molar-refractivity contribution in [2.24, 2.45) is 11.7 Å². The van der Waals surface area contributed by atoms with E-state index in [1.54, 1.807) is 0 Å². The number of hydrogen-bond acceptors (Lipinski definition) is 2. The van der Waals surface area contributed by atoms with Crippen molar-refractivity contribution in [2.75, 3.05) is 13.1 Å². The van der Waals surface area contributed by atoms with Gasteiger partial charge in [0, 0.05) is 18.6 Å². The van der Waals surface area contributed by atoms with E-state index in [0.29, 0.717) is 12.0 Å². The lowest BCUT2D eigenvalue weighted by atomic mass is 9.96. The highest BCUT2D eigenvalue weighted by Crippen LogP contribution is 2.21. The first-order valence-electron chi connectivity index (χ1n) is 7.14. The number of likely N-dealkylation sites (N-methyl/N-ethyl adjacent to an activating group) is 1. The minimum Gasteiger partial charge on any atom is -0.323 e. The molecule has 2 nitrogen and oxygen atoms in total. The van der Waals surface area contributed by atoms with Crippen LogP contribution in [0.25, 0.3) is 0 Å². The third-order valence-electron chi connectivity index (χ3n) is 3.49. The zero-order valence-corrected chi connectivity index (χ0v) is 12.3. The molecule has 0 amide bonds. The molecule has 2 heteroatoms. The van der Waals surface area contributed by atoms with Gasteiger partial charge in [-0.15, -0.1) is 0 Å². The van der Waals surface area contributed by atoms with Gasteiger partial charge in [0.15, 0.2) is 0 Å². The molecule has 0 aliphatic heterocycles. The minimum atomic E-state index is 0.106. The molecule has 0 saturated heterocycles. The third-order valence-corrected chi connectivity index (χ3v) is 3.49. The van der Waals surface area contributed by atoms with Gasteiger partial charge in [-0.25, -0.2) is 0 Å². The van der Waals surface area contributed by atoms with Crippen molar-refractivity contribution in [1.29, 1.82) is 0 Å². The molecule has 1 rings (SSSR count). The Balaban J connectivity index is 2.81. The Morgan fingerprint density at radius 3 is 2.17 bits per heavy atom. The Morgan fingerprint density at radius 2 is 1.72 bits per heavy atom. The molecule has 0 aromatic heterocycles. The molecule has 0 fully saturated rings. The van der Waals surface area contributed by atoms with E-state index in [1.165, 1.54) is 5.56 Å². The van der Waals surface area contributed by atoms with Gasteiger partial charge in [-0.1, -0.05) is 58.0 Å². The lowest BCUT2D eigenvalue weighted by molar-refractivity contribution is 0.156. The zero-order valence-electron chi connectivity index (χ0n) is 12.3. The molecule has 0 bridgehead atoms. The summed E-state index contributed by atoms with van der Waals surface area (Å²) in [4.78, 5) is 2.52. The molecule has 0 aliphatic carbocycles. The van der Waals surface area contributed by atoms with Gasteiger partial charge in [-0.2, -0.15) is 0 Å². The van der Waals surface area contributed by atoms with Crippen molar-refractivity contribution >= 4 is 0 Å². The maximum Gasteiger partial charge on any atom is 0.0453 e. The first-order chi connectivity index (χ1) is 8.60. The maximum absolute atomic E-state index is 6.46. The molecule has 0 spiro atoms. The average Bonchev–Trinajstić information content (AvgIpc) is 2.38. The standard InChI is InChI=1S/C16H28N2/c1-5-15(18(6-2)12-13(3)4)16(17)14-10-8-7-9-11-14/h7-11,13,15-16H,5-6,12,17H2,1-4H3. The molecule has 2 N–H and O–H groups in total. The predicted octanol–water partition coefficient (Wildman–Crippen LogP) is 3.44. The fraction of sp³-hybridized carbons (Fsp3) is 0.625. The summed E-state index contributed by atoms with van der Waals surface area (Å²) >= 11 is 0. The van der Waals surface area contributed by atoms with E-state index in [-0.39, 0.29) is 6.04 Å². The molecule has 1 aromatic carbocycles. The summed E-state index contributed by atoms with van der Waals surface area (Å²) in [5, 5.41) is 0. The number of rotatable bonds is 7. The quantitative estimate of drug-likeness (QED) is 0.801. The van der Waals surface area contributed by atoms with Crippen LogP contribution in [0.1, 0.15) is 45.7 Å². The lowest BCUT2D eigenvalue weighted by Gasteiger charge is -2.35. The highest BCUT2D eigenvalue weighted by Gasteiger charge is 2.23. The Hall–Kier alpha value is -0.860. The summed E-state index contributed by atoms with van der Waals surface area (Å²) in [6, 6.07) is 11.0. The first-order valence-corrected chi connectivity index (χ1v) is 7.14.